The van der Waals surface area contributed by atoms with Gasteiger partial charge in [0.15, 0.2) is 12.1 Å². The third-order valence-corrected chi connectivity index (χ3v) is 14.0. The van der Waals surface area contributed by atoms with Crippen molar-refractivity contribution >= 4 is 0 Å². The van der Waals surface area contributed by atoms with Gasteiger partial charge in [-0.05, 0) is 126 Å². The van der Waals surface area contributed by atoms with Crippen molar-refractivity contribution in [2.45, 2.75) is 180 Å². The van der Waals surface area contributed by atoms with E-state index in [0.29, 0.717) is 42.4 Å². The van der Waals surface area contributed by atoms with Crippen LogP contribution >= 0.6 is 0 Å². The molecule has 8 aliphatic rings. The van der Waals surface area contributed by atoms with Gasteiger partial charge in [-0.15, -0.1) is 5.92 Å². The molecule has 8 atom stereocenters. The molecular formula is C45H71NO5. The van der Waals surface area contributed by atoms with Crippen LogP contribution in [0.2, 0.25) is 0 Å². The molecule has 2 heterocycles. The summed E-state index contributed by atoms with van der Waals surface area (Å²) in [6.45, 7) is 15.6. The summed E-state index contributed by atoms with van der Waals surface area (Å²) in [4.78, 5) is 0. The molecule has 2 aliphatic heterocycles. The minimum atomic E-state index is -0.302. The maximum Gasteiger partial charge on any atom is 0.169 e. The van der Waals surface area contributed by atoms with E-state index in [4.69, 9.17) is 18.9 Å². The lowest BCUT2D eigenvalue weighted by Crippen LogP contribution is -2.47. The van der Waals surface area contributed by atoms with Gasteiger partial charge in [-0.25, -0.2) is 0 Å². The molecule has 8 rings (SSSR count). The Hall–Kier alpha value is -1.46. The second-order valence-electron chi connectivity index (χ2n) is 17.0. The summed E-state index contributed by atoms with van der Waals surface area (Å²) < 4.78 is 23.0. The molecule has 2 saturated heterocycles. The quantitative estimate of drug-likeness (QED) is 0.219. The smallest absolute Gasteiger partial charge is 0.169 e. The van der Waals surface area contributed by atoms with Crippen molar-refractivity contribution < 1.29 is 24.1 Å². The van der Waals surface area contributed by atoms with E-state index in [2.05, 4.69) is 36.7 Å². The second kappa shape index (κ2) is 18.2. The van der Waals surface area contributed by atoms with E-state index in [1.807, 2.05) is 20.8 Å². The predicted molar refractivity (Wildman–Crippen MR) is 206 cm³/mol. The molecule has 286 valence electrons. The van der Waals surface area contributed by atoms with Gasteiger partial charge in [-0.2, -0.15) is 0 Å². The molecule has 0 aromatic carbocycles. The van der Waals surface area contributed by atoms with Crippen molar-refractivity contribution in [3.8, 4) is 11.8 Å². The van der Waals surface area contributed by atoms with Crippen molar-refractivity contribution in [2.75, 3.05) is 26.4 Å². The van der Waals surface area contributed by atoms with Crippen molar-refractivity contribution in [2.24, 2.45) is 29.1 Å². The van der Waals surface area contributed by atoms with Crippen molar-refractivity contribution in [1.29, 1.82) is 0 Å². The topological polar surface area (TPSA) is 69.2 Å². The maximum absolute atomic E-state index is 11.2. The Morgan fingerprint density at radius 3 is 2.45 bits per heavy atom. The fraction of sp³-hybridized carbons (Fsp3) is 0.822. The van der Waals surface area contributed by atoms with Crippen LogP contribution in [0.1, 0.15) is 150 Å². The number of hydrogen-bond acceptors (Lipinski definition) is 6. The van der Waals surface area contributed by atoms with Gasteiger partial charge in [0.05, 0.1) is 19.3 Å². The second-order valence-corrected chi connectivity index (χ2v) is 17.0. The molecule has 2 N–H and O–H groups in total. The molecule has 0 amide bonds. The van der Waals surface area contributed by atoms with Crippen LogP contribution in [0.15, 0.2) is 34.9 Å². The van der Waals surface area contributed by atoms with Gasteiger partial charge in [0, 0.05) is 31.5 Å². The van der Waals surface area contributed by atoms with E-state index < -0.39 is 0 Å². The van der Waals surface area contributed by atoms with E-state index in [1.54, 1.807) is 16.7 Å². The average Bonchev–Trinajstić information content (AvgIpc) is 3.74. The lowest BCUT2D eigenvalue weighted by molar-refractivity contribution is -0.181. The Morgan fingerprint density at radius 2 is 1.71 bits per heavy atom. The minimum absolute atomic E-state index is 0.00426. The van der Waals surface area contributed by atoms with Crippen molar-refractivity contribution in [3.05, 3.63) is 34.9 Å². The zero-order valence-corrected chi connectivity index (χ0v) is 32.7. The summed E-state index contributed by atoms with van der Waals surface area (Å²) in [5, 5.41) is 15.3. The van der Waals surface area contributed by atoms with E-state index in [9.17, 15) is 5.11 Å². The Labute approximate surface area is 310 Å². The summed E-state index contributed by atoms with van der Waals surface area (Å²) >= 11 is 0. The summed E-state index contributed by atoms with van der Waals surface area (Å²) in [6.07, 6.45) is 25.3. The van der Waals surface area contributed by atoms with Crippen LogP contribution in [-0.2, 0) is 18.9 Å². The summed E-state index contributed by atoms with van der Waals surface area (Å²) in [6, 6.07) is 1.12. The summed E-state index contributed by atoms with van der Waals surface area (Å²) in [5.74, 6) is 7.74. The van der Waals surface area contributed by atoms with Gasteiger partial charge >= 0.3 is 0 Å². The third kappa shape index (κ3) is 9.09. The molecule has 0 bridgehead atoms. The molecule has 7 fully saturated rings. The highest BCUT2D eigenvalue weighted by molar-refractivity contribution is 5.36. The van der Waals surface area contributed by atoms with E-state index in [-0.39, 0.29) is 23.6 Å². The number of allylic oxidation sites excluding steroid dienone is 3. The molecule has 1 spiro atoms. The van der Waals surface area contributed by atoms with E-state index in [0.717, 1.165) is 71.2 Å². The zero-order chi connectivity index (χ0) is 35.8. The van der Waals surface area contributed by atoms with Crippen LogP contribution in [-0.4, -0.2) is 61.8 Å². The Morgan fingerprint density at radius 1 is 0.922 bits per heavy atom. The van der Waals surface area contributed by atoms with Gasteiger partial charge in [0.2, 0.25) is 0 Å². The fourth-order valence-corrected chi connectivity index (χ4v) is 11.4. The maximum atomic E-state index is 11.2. The standard InChI is InChI=1S/C34H51NO3.C9H14O2.C2H6/c1-22-8-9-23(19-30(22)35-26-6-4-3-5-7-26)18-25-20-33(2)29(12-13-31(33)36)28-11-10-24-21-34(37-16-17-38-34)15-14-27(24)32(25)28;1-2-3-7-10-9-6-4-5-8-11-9;1-2/h18,24-26,28-31,35-36H,1,3-17,19-21H2,2H3;9H,4-8H2,1H3;1-2H3/b23-18+;;. The van der Waals surface area contributed by atoms with Gasteiger partial charge in [0.1, 0.15) is 6.61 Å². The molecule has 0 aromatic rings. The Bertz CT molecular complexity index is 1270. The van der Waals surface area contributed by atoms with Crippen molar-refractivity contribution in [1.82, 2.24) is 5.32 Å². The highest BCUT2D eigenvalue weighted by atomic mass is 16.7. The first-order valence-electron chi connectivity index (χ1n) is 21.3. The normalized spacial score (nSPS) is 38.3. The van der Waals surface area contributed by atoms with Crippen LogP contribution in [0.4, 0.5) is 0 Å². The number of ether oxygens (including phenoxy) is 4. The largest absolute Gasteiger partial charge is 0.393 e. The lowest BCUT2D eigenvalue weighted by atomic mass is 9.52. The SMILES string of the molecule is C=C1CC/C(=C\C2CC3(C)C(O)CCC3C3CCC4CC5(CCC4=C23)OCCO5)CC1NC1CCCCC1.CC.CC#CCOC1CCCCO1. The zero-order valence-electron chi connectivity index (χ0n) is 32.7. The molecule has 51 heavy (non-hydrogen) atoms. The van der Waals surface area contributed by atoms with Crippen LogP contribution in [0.5, 0.6) is 0 Å². The van der Waals surface area contributed by atoms with Crippen LogP contribution in [0, 0.1) is 40.9 Å². The summed E-state index contributed by atoms with van der Waals surface area (Å²) in [7, 11) is 0. The number of fused-ring (bicyclic) bond motifs is 4. The molecular weight excluding hydrogens is 634 g/mol. The first-order valence-corrected chi connectivity index (χ1v) is 21.3. The Balaban J connectivity index is 0.000000294. The van der Waals surface area contributed by atoms with E-state index >= 15 is 0 Å². The molecule has 6 aliphatic carbocycles. The lowest BCUT2D eigenvalue weighted by Gasteiger charge is -2.53. The molecule has 0 aromatic heterocycles. The molecule has 6 nitrogen and oxygen atoms in total. The van der Waals surface area contributed by atoms with Crippen LogP contribution in [0.3, 0.4) is 0 Å². The van der Waals surface area contributed by atoms with E-state index in [1.165, 1.54) is 76.2 Å². The van der Waals surface area contributed by atoms with Crippen LogP contribution < -0.4 is 5.32 Å². The minimum Gasteiger partial charge on any atom is -0.393 e. The number of aliphatic hydroxyl groups excluding tert-OH is 1. The molecule has 0 radical (unpaired) electrons. The number of aliphatic hydroxyl groups is 1. The van der Waals surface area contributed by atoms with Gasteiger partial charge in [0.25, 0.3) is 0 Å². The monoisotopic (exact) mass is 706 g/mol. The number of hydrogen-bond donors (Lipinski definition) is 2. The van der Waals surface area contributed by atoms with Crippen molar-refractivity contribution in [3.63, 3.8) is 0 Å². The molecule has 6 heteroatoms. The molecule has 5 saturated carbocycles. The number of nitrogens with one attached hydrogen (secondary N) is 1. The summed E-state index contributed by atoms with van der Waals surface area (Å²) in [5.41, 5.74) is 6.71. The third-order valence-electron chi connectivity index (χ3n) is 14.0. The highest BCUT2D eigenvalue weighted by Crippen LogP contribution is 2.63. The van der Waals surface area contributed by atoms with Gasteiger partial charge in [-0.1, -0.05) is 80.9 Å². The van der Waals surface area contributed by atoms with Crippen LogP contribution in [0.25, 0.3) is 0 Å². The Kier molecular flexibility index (Phi) is 14.0. The first kappa shape index (κ1) is 39.2. The molecule has 8 unspecified atom stereocenters. The first-order chi connectivity index (χ1) is 24.9. The van der Waals surface area contributed by atoms with Gasteiger partial charge in [-0.3, -0.25) is 0 Å². The number of rotatable bonds is 5. The average molecular weight is 706 g/mol. The highest BCUT2D eigenvalue weighted by Gasteiger charge is 2.57. The fourth-order valence-electron chi connectivity index (χ4n) is 11.4. The predicted octanol–water partition coefficient (Wildman–Crippen LogP) is 9.57. The van der Waals surface area contributed by atoms with Gasteiger partial charge < -0.3 is 29.4 Å².